The first kappa shape index (κ1) is 18.3. The average molecular weight is 392 g/mol. The molecule has 0 aliphatic heterocycles. The van der Waals surface area contributed by atoms with Gasteiger partial charge in [0.2, 0.25) is 0 Å². The number of thioether (sulfide) groups is 1. The minimum absolute atomic E-state index is 0.0644. The number of ketones is 1. The van der Waals surface area contributed by atoms with Crippen molar-refractivity contribution in [3.8, 4) is 11.4 Å². The van der Waals surface area contributed by atoms with Crippen LogP contribution in [0.4, 0.5) is 0 Å². The second-order valence-corrected chi connectivity index (χ2v) is 7.76. The largest absolute Gasteiger partial charge is 0.495 e. The summed E-state index contributed by atoms with van der Waals surface area (Å²) in [4.78, 5) is 16.5. The topological polar surface area (TPSA) is 72.8 Å². The zero-order chi connectivity index (χ0) is 19.7. The smallest absolute Gasteiger partial charge is 0.196 e. The van der Waals surface area contributed by atoms with Crippen molar-refractivity contribution >= 4 is 28.4 Å². The summed E-state index contributed by atoms with van der Waals surface area (Å²) in [7, 11) is 1.63. The molecular formula is C21H20N4O2S. The van der Waals surface area contributed by atoms with Gasteiger partial charge in [-0.15, -0.1) is 10.2 Å². The predicted octanol–water partition coefficient (Wildman–Crippen LogP) is 4.43. The summed E-state index contributed by atoms with van der Waals surface area (Å²) < 4.78 is 7.29. The van der Waals surface area contributed by atoms with E-state index in [9.17, 15) is 4.79 Å². The summed E-state index contributed by atoms with van der Waals surface area (Å²) in [5.41, 5.74) is 3.42. The molecule has 2 heterocycles. The number of nitrogens with zero attached hydrogens (tertiary/aromatic N) is 3. The number of carbonyl (C=O) groups is 1. The van der Waals surface area contributed by atoms with Gasteiger partial charge in [0, 0.05) is 22.2 Å². The van der Waals surface area contributed by atoms with Crippen LogP contribution in [-0.2, 0) is 0 Å². The molecule has 0 unspecified atom stereocenters. The van der Waals surface area contributed by atoms with Crippen molar-refractivity contribution < 1.29 is 9.53 Å². The molecule has 0 aliphatic carbocycles. The van der Waals surface area contributed by atoms with E-state index in [0.717, 1.165) is 33.6 Å². The molecule has 4 aromatic rings. The second kappa shape index (κ2) is 7.52. The molecule has 1 atom stereocenters. The number of aromatic amines is 1. The highest BCUT2D eigenvalue weighted by atomic mass is 32.2. The zero-order valence-corrected chi connectivity index (χ0v) is 16.7. The van der Waals surface area contributed by atoms with Crippen molar-refractivity contribution in [3.63, 3.8) is 0 Å². The molecule has 0 saturated carbocycles. The van der Waals surface area contributed by atoms with Crippen LogP contribution in [-0.4, -0.2) is 37.9 Å². The minimum Gasteiger partial charge on any atom is -0.495 e. The first-order chi connectivity index (χ1) is 13.6. The maximum Gasteiger partial charge on any atom is 0.196 e. The number of H-pyrrole nitrogens is 1. The number of hydrogen-bond acceptors (Lipinski definition) is 5. The van der Waals surface area contributed by atoms with E-state index in [1.807, 2.05) is 66.9 Å². The first-order valence-electron chi connectivity index (χ1n) is 8.91. The second-order valence-electron chi connectivity index (χ2n) is 6.45. The zero-order valence-electron chi connectivity index (χ0n) is 15.8. The van der Waals surface area contributed by atoms with Crippen LogP contribution in [0.3, 0.4) is 0 Å². The highest BCUT2D eigenvalue weighted by Gasteiger charge is 2.24. The molecule has 0 aliphatic rings. The number of Topliss-reactive ketones (excluding diaryl/α,β-unsaturated/α-hetero) is 1. The van der Waals surface area contributed by atoms with Gasteiger partial charge in [0.25, 0.3) is 0 Å². The molecule has 0 amide bonds. The lowest BCUT2D eigenvalue weighted by Gasteiger charge is -2.13. The fraction of sp³-hybridized carbons (Fsp3) is 0.190. The number of methoxy groups -OCH3 is 1. The fourth-order valence-corrected chi connectivity index (χ4v) is 4.20. The standard InChI is InChI=1S/C21H20N4O2S/c1-13-19(15-8-4-5-9-16(15)23-13)20(26)14(2)28-21-24-22-12-25(21)17-10-6-7-11-18(17)27-3/h4-12,14,23H,1-3H3/t14-/m0/s1. The Bertz CT molecular complexity index is 1150. The molecule has 28 heavy (non-hydrogen) atoms. The number of benzene rings is 2. The van der Waals surface area contributed by atoms with Gasteiger partial charge >= 0.3 is 0 Å². The normalized spacial score (nSPS) is 12.2. The van der Waals surface area contributed by atoms with Crippen molar-refractivity contribution in [2.45, 2.75) is 24.3 Å². The minimum atomic E-state index is -0.324. The first-order valence-corrected chi connectivity index (χ1v) is 9.79. The molecule has 0 bridgehead atoms. The van der Waals surface area contributed by atoms with Crippen molar-refractivity contribution in [1.82, 2.24) is 19.7 Å². The van der Waals surface area contributed by atoms with Crippen molar-refractivity contribution in [1.29, 1.82) is 0 Å². The summed E-state index contributed by atoms with van der Waals surface area (Å²) in [6.07, 6.45) is 1.63. The van der Waals surface area contributed by atoms with Gasteiger partial charge < -0.3 is 9.72 Å². The number of nitrogens with one attached hydrogen (secondary N) is 1. The molecule has 2 aromatic carbocycles. The van der Waals surface area contributed by atoms with Gasteiger partial charge in [-0.2, -0.15) is 0 Å². The Morgan fingerprint density at radius 2 is 1.93 bits per heavy atom. The van der Waals surface area contributed by atoms with E-state index < -0.39 is 0 Å². The lowest BCUT2D eigenvalue weighted by molar-refractivity contribution is 0.0995. The van der Waals surface area contributed by atoms with Crippen LogP contribution in [0.15, 0.2) is 60.0 Å². The van der Waals surface area contributed by atoms with Gasteiger partial charge in [-0.05, 0) is 32.0 Å². The van der Waals surface area contributed by atoms with Crippen LogP contribution in [0.2, 0.25) is 0 Å². The molecule has 0 spiro atoms. The van der Waals surface area contributed by atoms with Gasteiger partial charge in [0.1, 0.15) is 12.1 Å². The summed E-state index contributed by atoms with van der Waals surface area (Å²) >= 11 is 1.38. The lowest BCUT2D eigenvalue weighted by atomic mass is 10.1. The van der Waals surface area contributed by atoms with E-state index in [4.69, 9.17) is 4.74 Å². The van der Waals surface area contributed by atoms with Crippen LogP contribution in [0.1, 0.15) is 23.0 Å². The van der Waals surface area contributed by atoms with Crippen molar-refractivity contribution in [2.75, 3.05) is 7.11 Å². The summed E-state index contributed by atoms with van der Waals surface area (Å²) in [5, 5.41) is 9.52. The van der Waals surface area contributed by atoms with Crippen LogP contribution < -0.4 is 4.74 Å². The van der Waals surface area contributed by atoms with Crippen LogP contribution in [0.25, 0.3) is 16.6 Å². The maximum atomic E-state index is 13.2. The number of para-hydroxylation sites is 3. The number of aromatic nitrogens is 4. The van der Waals surface area contributed by atoms with Crippen molar-refractivity contribution in [3.05, 3.63) is 66.1 Å². The van der Waals surface area contributed by atoms with E-state index in [1.54, 1.807) is 13.4 Å². The van der Waals surface area contributed by atoms with Gasteiger partial charge in [-0.1, -0.05) is 42.1 Å². The van der Waals surface area contributed by atoms with E-state index in [0.29, 0.717) is 5.16 Å². The molecule has 142 valence electrons. The molecular weight excluding hydrogens is 372 g/mol. The van der Waals surface area contributed by atoms with Gasteiger partial charge in [-0.3, -0.25) is 9.36 Å². The van der Waals surface area contributed by atoms with Crippen LogP contribution in [0.5, 0.6) is 5.75 Å². The number of fused-ring (bicyclic) bond motifs is 1. The molecule has 6 nitrogen and oxygen atoms in total. The molecule has 2 aromatic heterocycles. The Hall–Kier alpha value is -3.06. The van der Waals surface area contributed by atoms with E-state index in [1.165, 1.54) is 11.8 Å². The number of carbonyl (C=O) groups excluding carboxylic acids is 1. The molecule has 0 radical (unpaired) electrons. The average Bonchev–Trinajstić information content (AvgIpc) is 3.30. The monoisotopic (exact) mass is 392 g/mol. The highest BCUT2D eigenvalue weighted by Crippen LogP contribution is 2.32. The molecule has 4 rings (SSSR count). The predicted molar refractivity (Wildman–Crippen MR) is 111 cm³/mol. The number of aryl methyl sites for hydroxylation is 1. The Labute approximate surface area is 166 Å². The summed E-state index contributed by atoms with van der Waals surface area (Å²) in [5.74, 6) is 0.783. The Morgan fingerprint density at radius 3 is 2.75 bits per heavy atom. The molecule has 7 heteroatoms. The third kappa shape index (κ3) is 3.18. The Kier molecular flexibility index (Phi) is 4.92. The van der Waals surface area contributed by atoms with Gasteiger partial charge in [0.15, 0.2) is 10.9 Å². The molecule has 0 fully saturated rings. The lowest BCUT2D eigenvalue weighted by Crippen LogP contribution is -2.15. The van der Waals surface area contributed by atoms with Crippen molar-refractivity contribution in [2.24, 2.45) is 0 Å². The quantitative estimate of drug-likeness (QED) is 0.388. The Balaban J connectivity index is 1.65. The third-order valence-electron chi connectivity index (χ3n) is 4.65. The maximum absolute atomic E-state index is 13.2. The molecule has 1 N–H and O–H groups in total. The number of ether oxygens (including phenoxy) is 1. The van der Waals surface area contributed by atoms with E-state index in [2.05, 4.69) is 15.2 Å². The van der Waals surface area contributed by atoms with E-state index in [-0.39, 0.29) is 11.0 Å². The van der Waals surface area contributed by atoms with Crippen LogP contribution >= 0.6 is 11.8 Å². The number of rotatable bonds is 6. The molecule has 0 saturated heterocycles. The van der Waals surface area contributed by atoms with E-state index >= 15 is 0 Å². The third-order valence-corrected chi connectivity index (χ3v) is 5.71. The van der Waals surface area contributed by atoms with Crippen LogP contribution in [0, 0.1) is 6.92 Å². The Morgan fingerprint density at radius 1 is 1.18 bits per heavy atom. The summed E-state index contributed by atoms with van der Waals surface area (Å²) in [6.45, 7) is 3.83. The highest BCUT2D eigenvalue weighted by molar-refractivity contribution is 8.00. The van der Waals surface area contributed by atoms with Gasteiger partial charge in [0.05, 0.1) is 18.0 Å². The SMILES string of the molecule is COc1ccccc1-n1cnnc1S[C@@H](C)C(=O)c1c(C)[nH]c2ccccc12. The number of hydrogen-bond donors (Lipinski definition) is 1. The fourth-order valence-electron chi connectivity index (χ4n) is 3.31. The summed E-state index contributed by atoms with van der Waals surface area (Å²) in [6, 6.07) is 15.5. The van der Waals surface area contributed by atoms with Gasteiger partial charge in [-0.25, -0.2) is 0 Å².